The Hall–Kier alpha value is -0.900. The minimum absolute atomic E-state index is 0.397. The molecule has 0 bridgehead atoms. The zero-order valence-electron chi connectivity index (χ0n) is 8.45. The van der Waals surface area contributed by atoms with Crippen LogP contribution < -0.4 is 0 Å². The van der Waals surface area contributed by atoms with E-state index in [1.165, 1.54) is 0 Å². The SMILES string of the molecule is Cc1nc2cc(Br)cnc2n1C(C)C. The first-order valence-electron chi connectivity index (χ1n) is 4.59. The standard InChI is InChI=1S/C10H12BrN3/c1-6(2)14-7(3)13-9-4-8(11)5-12-10(9)14/h4-6H,1-3H3. The van der Waals surface area contributed by atoms with E-state index in [4.69, 9.17) is 0 Å². The van der Waals surface area contributed by atoms with Crippen LogP contribution in [0, 0.1) is 6.92 Å². The van der Waals surface area contributed by atoms with E-state index in [0.717, 1.165) is 21.5 Å². The van der Waals surface area contributed by atoms with E-state index in [9.17, 15) is 0 Å². The van der Waals surface area contributed by atoms with Gasteiger partial charge in [-0.2, -0.15) is 0 Å². The van der Waals surface area contributed by atoms with E-state index in [2.05, 4.69) is 44.3 Å². The fourth-order valence-corrected chi connectivity index (χ4v) is 2.01. The fraction of sp³-hybridized carbons (Fsp3) is 0.400. The van der Waals surface area contributed by atoms with E-state index in [0.29, 0.717) is 6.04 Å². The van der Waals surface area contributed by atoms with E-state index in [1.807, 2.05) is 19.2 Å². The number of aromatic nitrogens is 3. The summed E-state index contributed by atoms with van der Waals surface area (Å²) in [4.78, 5) is 8.84. The van der Waals surface area contributed by atoms with Gasteiger partial charge in [0.15, 0.2) is 5.65 Å². The zero-order chi connectivity index (χ0) is 10.3. The lowest BCUT2D eigenvalue weighted by Crippen LogP contribution is -2.03. The van der Waals surface area contributed by atoms with Gasteiger partial charge in [-0.25, -0.2) is 9.97 Å². The van der Waals surface area contributed by atoms with Crippen LogP contribution in [0.25, 0.3) is 11.2 Å². The van der Waals surface area contributed by atoms with Crippen LogP contribution in [0.2, 0.25) is 0 Å². The Labute approximate surface area is 91.3 Å². The first-order chi connectivity index (χ1) is 6.59. The van der Waals surface area contributed by atoms with Crippen LogP contribution in [0.15, 0.2) is 16.7 Å². The first-order valence-corrected chi connectivity index (χ1v) is 5.39. The summed E-state index contributed by atoms with van der Waals surface area (Å²) < 4.78 is 3.11. The normalized spacial score (nSPS) is 11.5. The molecule has 0 atom stereocenters. The molecule has 0 aliphatic heterocycles. The van der Waals surface area contributed by atoms with Gasteiger partial charge in [-0.3, -0.25) is 0 Å². The highest BCUT2D eigenvalue weighted by Crippen LogP contribution is 2.21. The van der Waals surface area contributed by atoms with Gasteiger partial charge in [0.2, 0.25) is 0 Å². The van der Waals surface area contributed by atoms with Crippen molar-refractivity contribution in [3.63, 3.8) is 0 Å². The molecule has 3 nitrogen and oxygen atoms in total. The first kappa shape index (κ1) is 9.65. The molecule has 14 heavy (non-hydrogen) atoms. The number of aryl methyl sites for hydroxylation is 1. The molecule has 2 aromatic heterocycles. The molecular formula is C10H12BrN3. The maximum Gasteiger partial charge on any atom is 0.160 e. The molecule has 2 aromatic rings. The molecule has 0 spiro atoms. The number of halogens is 1. The molecule has 74 valence electrons. The molecule has 0 amide bonds. The molecule has 0 fully saturated rings. The maximum atomic E-state index is 4.47. The summed E-state index contributed by atoms with van der Waals surface area (Å²) in [7, 11) is 0. The number of nitrogens with zero attached hydrogens (tertiary/aromatic N) is 3. The van der Waals surface area contributed by atoms with E-state index < -0.39 is 0 Å². The molecule has 0 saturated carbocycles. The summed E-state index contributed by atoms with van der Waals surface area (Å²) in [5.41, 5.74) is 1.91. The second-order valence-corrected chi connectivity index (χ2v) is 4.53. The summed E-state index contributed by atoms with van der Waals surface area (Å²) >= 11 is 3.39. The van der Waals surface area contributed by atoms with Gasteiger partial charge in [-0.15, -0.1) is 0 Å². The van der Waals surface area contributed by atoms with Crippen molar-refractivity contribution < 1.29 is 0 Å². The minimum atomic E-state index is 0.397. The Kier molecular flexibility index (Phi) is 2.31. The van der Waals surface area contributed by atoms with Gasteiger partial charge in [0.1, 0.15) is 11.3 Å². The Morgan fingerprint density at radius 2 is 2.14 bits per heavy atom. The van der Waals surface area contributed by atoms with Crippen LogP contribution >= 0.6 is 15.9 Å². The Morgan fingerprint density at radius 3 is 2.79 bits per heavy atom. The fourth-order valence-electron chi connectivity index (χ4n) is 1.69. The van der Waals surface area contributed by atoms with Gasteiger partial charge in [0.05, 0.1) is 0 Å². The predicted molar refractivity (Wildman–Crippen MR) is 60.4 cm³/mol. The molecule has 0 N–H and O–H groups in total. The number of imidazole rings is 1. The minimum Gasteiger partial charge on any atom is -0.310 e. The van der Waals surface area contributed by atoms with Crippen molar-refractivity contribution in [3.05, 3.63) is 22.6 Å². The van der Waals surface area contributed by atoms with Crippen molar-refractivity contribution >= 4 is 27.1 Å². The third-order valence-corrected chi connectivity index (χ3v) is 2.62. The smallest absolute Gasteiger partial charge is 0.160 e. The van der Waals surface area contributed by atoms with Crippen LogP contribution in [-0.4, -0.2) is 14.5 Å². The average Bonchev–Trinajstić information content (AvgIpc) is 2.39. The quantitative estimate of drug-likeness (QED) is 0.782. The third kappa shape index (κ3) is 1.43. The van der Waals surface area contributed by atoms with Crippen LogP contribution in [-0.2, 0) is 0 Å². The van der Waals surface area contributed by atoms with Gasteiger partial charge in [0.25, 0.3) is 0 Å². The molecule has 0 saturated heterocycles. The molecule has 0 aliphatic carbocycles. The average molecular weight is 254 g/mol. The molecular weight excluding hydrogens is 242 g/mol. The lowest BCUT2D eigenvalue weighted by Gasteiger charge is -2.09. The van der Waals surface area contributed by atoms with Crippen LogP contribution in [0.4, 0.5) is 0 Å². The number of hydrogen-bond acceptors (Lipinski definition) is 2. The molecule has 0 aliphatic rings. The third-order valence-electron chi connectivity index (χ3n) is 2.19. The molecule has 4 heteroatoms. The second kappa shape index (κ2) is 3.35. The van der Waals surface area contributed by atoms with Gasteiger partial charge >= 0.3 is 0 Å². The summed E-state index contributed by atoms with van der Waals surface area (Å²) in [6.07, 6.45) is 1.81. The summed E-state index contributed by atoms with van der Waals surface area (Å²) in [5, 5.41) is 0. The number of hydrogen-bond donors (Lipinski definition) is 0. The predicted octanol–water partition coefficient (Wildman–Crippen LogP) is 3.08. The lowest BCUT2D eigenvalue weighted by atomic mass is 10.3. The summed E-state index contributed by atoms with van der Waals surface area (Å²) in [6, 6.07) is 2.39. The zero-order valence-corrected chi connectivity index (χ0v) is 10.0. The van der Waals surface area contributed by atoms with Gasteiger partial charge in [-0.1, -0.05) is 0 Å². The second-order valence-electron chi connectivity index (χ2n) is 3.62. The number of pyridine rings is 1. The van der Waals surface area contributed by atoms with E-state index in [1.54, 1.807) is 0 Å². The largest absolute Gasteiger partial charge is 0.310 e. The summed E-state index contributed by atoms with van der Waals surface area (Å²) in [5.74, 6) is 1.01. The van der Waals surface area contributed by atoms with Crippen molar-refractivity contribution in [1.29, 1.82) is 0 Å². The van der Waals surface area contributed by atoms with Crippen LogP contribution in [0.5, 0.6) is 0 Å². The maximum absolute atomic E-state index is 4.47. The monoisotopic (exact) mass is 253 g/mol. The molecule has 0 aromatic carbocycles. The number of rotatable bonds is 1. The molecule has 2 heterocycles. The van der Waals surface area contributed by atoms with E-state index >= 15 is 0 Å². The summed E-state index contributed by atoms with van der Waals surface area (Å²) in [6.45, 7) is 6.28. The molecule has 0 unspecified atom stereocenters. The topological polar surface area (TPSA) is 30.7 Å². The van der Waals surface area contributed by atoms with Crippen molar-refractivity contribution in [1.82, 2.24) is 14.5 Å². The van der Waals surface area contributed by atoms with Crippen molar-refractivity contribution in [3.8, 4) is 0 Å². The van der Waals surface area contributed by atoms with Gasteiger partial charge in [-0.05, 0) is 42.8 Å². The Balaban J connectivity index is 2.77. The Bertz CT molecular complexity index is 473. The Morgan fingerprint density at radius 1 is 1.43 bits per heavy atom. The van der Waals surface area contributed by atoms with Crippen LogP contribution in [0.1, 0.15) is 25.7 Å². The van der Waals surface area contributed by atoms with Gasteiger partial charge < -0.3 is 4.57 Å². The van der Waals surface area contributed by atoms with Crippen molar-refractivity contribution in [2.75, 3.05) is 0 Å². The number of fused-ring (bicyclic) bond motifs is 1. The highest BCUT2D eigenvalue weighted by molar-refractivity contribution is 9.10. The molecule has 2 rings (SSSR count). The van der Waals surface area contributed by atoms with Crippen molar-refractivity contribution in [2.24, 2.45) is 0 Å². The highest BCUT2D eigenvalue weighted by Gasteiger charge is 2.10. The van der Waals surface area contributed by atoms with E-state index in [-0.39, 0.29) is 0 Å². The molecule has 0 radical (unpaired) electrons. The van der Waals surface area contributed by atoms with Gasteiger partial charge in [0, 0.05) is 16.7 Å². The van der Waals surface area contributed by atoms with Crippen molar-refractivity contribution in [2.45, 2.75) is 26.8 Å². The lowest BCUT2D eigenvalue weighted by molar-refractivity contribution is 0.595. The highest BCUT2D eigenvalue weighted by atomic mass is 79.9. The van der Waals surface area contributed by atoms with Crippen LogP contribution in [0.3, 0.4) is 0 Å².